The summed E-state index contributed by atoms with van der Waals surface area (Å²) in [5.74, 6) is 0.575. The van der Waals surface area contributed by atoms with E-state index in [1.54, 1.807) is 0 Å². The molecule has 1 aromatic heterocycles. The molecule has 0 aliphatic rings. The molecule has 0 unspecified atom stereocenters. The molecule has 2 rings (SSSR count). The third-order valence-electron chi connectivity index (χ3n) is 3.07. The van der Waals surface area contributed by atoms with Crippen LogP contribution in [0, 0.1) is 0 Å². The van der Waals surface area contributed by atoms with E-state index < -0.39 is 0 Å². The highest BCUT2D eigenvalue weighted by Crippen LogP contribution is 2.39. The van der Waals surface area contributed by atoms with Gasteiger partial charge < -0.3 is 5.32 Å². The highest BCUT2D eigenvalue weighted by Gasteiger charge is 2.15. The summed E-state index contributed by atoms with van der Waals surface area (Å²) < 4.78 is 2.60. The van der Waals surface area contributed by atoms with Crippen molar-refractivity contribution in [3.05, 3.63) is 33.1 Å². The van der Waals surface area contributed by atoms with E-state index in [2.05, 4.69) is 60.2 Å². The highest BCUT2D eigenvalue weighted by molar-refractivity contribution is 9.10. The Balaban J connectivity index is 2.44. The first-order chi connectivity index (χ1) is 8.65. The monoisotopic (exact) mass is 325 g/mol. The molecule has 1 N–H and O–H groups in total. The van der Waals surface area contributed by atoms with Crippen molar-refractivity contribution in [3.8, 4) is 0 Å². The lowest BCUT2D eigenvalue weighted by Crippen LogP contribution is -2.14. The highest BCUT2D eigenvalue weighted by atomic mass is 79.9. The number of rotatable bonds is 5. The van der Waals surface area contributed by atoms with Gasteiger partial charge in [-0.15, -0.1) is 11.3 Å². The summed E-state index contributed by atoms with van der Waals surface area (Å²) in [5, 5.41) is 4.94. The Morgan fingerprint density at radius 3 is 2.78 bits per heavy atom. The van der Waals surface area contributed by atoms with E-state index in [1.807, 2.05) is 11.3 Å². The van der Waals surface area contributed by atoms with Crippen molar-refractivity contribution < 1.29 is 0 Å². The molecule has 0 saturated carbocycles. The molecule has 0 aliphatic carbocycles. The van der Waals surface area contributed by atoms with Crippen molar-refractivity contribution in [2.75, 3.05) is 6.54 Å². The van der Waals surface area contributed by atoms with Crippen molar-refractivity contribution >= 4 is 37.4 Å². The predicted octanol–water partition coefficient (Wildman–Crippen LogP) is 5.29. The maximum atomic E-state index is 3.67. The molecule has 1 nitrogen and oxygen atoms in total. The van der Waals surface area contributed by atoms with Gasteiger partial charge in [-0.25, -0.2) is 0 Å². The van der Waals surface area contributed by atoms with Gasteiger partial charge in [0.05, 0.1) is 0 Å². The average Bonchev–Trinajstić information content (AvgIpc) is 2.69. The summed E-state index contributed by atoms with van der Waals surface area (Å²) in [6, 6.07) is 6.51. The molecule has 0 aliphatic heterocycles. The van der Waals surface area contributed by atoms with Gasteiger partial charge >= 0.3 is 0 Å². The second kappa shape index (κ2) is 6.18. The summed E-state index contributed by atoms with van der Waals surface area (Å²) in [5.41, 5.74) is 1.51. The third-order valence-corrected chi connectivity index (χ3v) is 5.25. The van der Waals surface area contributed by atoms with Crippen LogP contribution in [0.25, 0.3) is 10.1 Å². The Hall–Kier alpha value is -0.380. The third kappa shape index (κ3) is 2.79. The molecule has 1 aromatic carbocycles. The number of hydrogen-bond acceptors (Lipinski definition) is 2. The zero-order chi connectivity index (χ0) is 13.1. The Labute approximate surface area is 122 Å². The molecule has 0 fully saturated rings. The van der Waals surface area contributed by atoms with E-state index in [0.717, 1.165) is 13.1 Å². The molecule has 0 atom stereocenters. The van der Waals surface area contributed by atoms with Crippen molar-refractivity contribution in [2.24, 2.45) is 0 Å². The second-order valence-corrected chi connectivity index (χ2v) is 6.85. The Kier molecular flexibility index (Phi) is 4.82. The van der Waals surface area contributed by atoms with Gasteiger partial charge in [-0.3, -0.25) is 0 Å². The van der Waals surface area contributed by atoms with Crippen LogP contribution < -0.4 is 5.32 Å². The first kappa shape index (κ1) is 14.0. The number of hydrogen-bond donors (Lipinski definition) is 1. The minimum Gasteiger partial charge on any atom is -0.312 e. The molecule has 18 heavy (non-hydrogen) atoms. The van der Waals surface area contributed by atoms with E-state index in [1.165, 1.54) is 31.4 Å². The van der Waals surface area contributed by atoms with Crippen molar-refractivity contribution in [1.82, 2.24) is 5.32 Å². The lowest BCUT2D eigenvalue weighted by molar-refractivity contribution is 0.675. The van der Waals surface area contributed by atoms with Crippen LogP contribution in [0.4, 0.5) is 0 Å². The number of thiophene rings is 1. The Bertz CT molecular complexity index is 531. The fourth-order valence-corrected chi connectivity index (χ4v) is 4.23. The van der Waals surface area contributed by atoms with Gasteiger partial charge in [0.15, 0.2) is 0 Å². The molecule has 2 aromatic rings. The Morgan fingerprint density at radius 1 is 1.33 bits per heavy atom. The molecule has 0 amide bonds. The predicted molar refractivity (Wildman–Crippen MR) is 85.6 cm³/mol. The Morgan fingerprint density at radius 2 is 2.11 bits per heavy atom. The van der Waals surface area contributed by atoms with Gasteiger partial charge in [0, 0.05) is 20.6 Å². The first-order valence-electron chi connectivity index (χ1n) is 6.55. The molecule has 0 radical (unpaired) electrons. The maximum Gasteiger partial charge on any atom is 0.0491 e. The van der Waals surface area contributed by atoms with Gasteiger partial charge in [0.1, 0.15) is 0 Å². The summed E-state index contributed by atoms with van der Waals surface area (Å²) in [6.45, 7) is 8.86. The lowest BCUT2D eigenvalue weighted by Gasteiger charge is -2.09. The molecule has 0 saturated heterocycles. The largest absolute Gasteiger partial charge is 0.312 e. The summed E-state index contributed by atoms with van der Waals surface area (Å²) in [7, 11) is 0. The summed E-state index contributed by atoms with van der Waals surface area (Å²) in [4.78, 5) is 1.49. The molecule has 3 heteroatoms. The topological polar surface area (TPSA) is 12.0 Å². The minimum atomic E-state index is 0.575. The maximum absolute atomic E-state index is 3.67. The van der Waals surface area contributed by atoms with Crippen LogP contribution in [0.15, 0.2) is 22.7 Å². The molecular weight excluding hydrogens is 306 g/mol. The quantitative estimate of drug-likeness (QED) is 0.737. The van der Waals surface area contributed by atoms with E-state index in [-0.39, 0.29) is 0 Å². The summed E-state index contributed by atoms with van der Waals surface area (Å²) >= 11 is 5.59. The molecule has 0 spiro atoms. The van der Waals surface area contributed by atoms with Crippen LogP contribution in [-0.2, 0) is 6.54 Å². The van der Waals surface area contributed by atoms with E-state index in [4.69, 9.17) is 0 Å². The minimum absolute atomic E-state index is 0.575. The molecular formula is C15H20BrNS. The zero-order valence-electron chi connectivity index (χ0n) is 11.2. The number of benzene rings is 1. The number of nitrogens with one attached hydrogen (secondary N) is 1. The smallest absolute Gasteiger partial charge is 0.0491 e. The van der Waals surface area contributed by atoms with E-state index in [9.17, 15) is 0 Å². The number of fused-ring (bicyclic) bond motifs is 1. The molecule has 1 heterocycles. The van der Waals surface area contributed by atoms with Gasteiger partial charge in [0.2, 0.25) is 0 Å². The normalized spacial score (nSPS) is 11.6. The van der Waals surface area contributed by atoms with Crippen molar-refractivity contribution in [2.45, 2.75) is 39.7 Å². The number of halogens is 1. The van der Waals surface area contributed by atoms with Crippen LogP contribution >= 0.6 is 27.3 Å². The van der Waals surface area contributed by atoms with Crippen LogP contribution in [0.3, 0.4) is 0 Å². The van der Waals surface area contributed by atoms with E-state index in [0.29, 0.717) is 5.92 Å². The van der Waals surface area contributed by atoms with Gasteiger partial charge in [-0.1, -0.05) is 32.9 Å². The van der Waals surface area contributed by atoms with Crippen LogP contribution in [-0.4, -0.2) is 6.54 Å². The SMILES string of the molecule is CCCNCc1sc2c(Br)cccc2c1C(C)C. The van der Waals surface area contributed by atoms with E-state index >= 15 is 0 Å². The van der Waals surface area contributed by atoms with Gasteiger partial charge in [-0.2, -0.15) is 0 Å². The van der Waals surface area contributed by atoms with Crippen LogP contribution in [0.5, 0.6) is 0 Å². The lowest BCUT2D eigenvalue weighted by atomic mass is 9.99. The fourth-order valence-electron chi connectivity index (χ4n) is 2.30. The van der Waals surface area contributed by atoms with Crippen molar-refractivity contribution in [3.63, 3.8) is 0 Å². The zero-order valence-corrected chi connectivity index (χ0v) is 13.6. The van der Waals surface area contributed by atoms with Crippen LogP contribution in [0.1, 0.15) is 43.6 Å². The molecule has 0 bridgehead atoms. The van der Waals surface area contributed by atoms with Gasteiger partial charge in [0.25, 0.3) is 0 Å². The van der Waals surface area contributed by atoms with Crippen LogP contribution in [0.2, 0.25) is 0 Å². The average molecular weight is 326 g/mol. The van der Waals surface area contributed by atoms with Gasteiger partial charge in [-0.05, 0) is 51.8 Å². The molecule has 98 valence electrons. The fraction of sp³-hybridized carbons (Fsp3) is 0.467. The second-order valence-electron chi connectivity index (χ2n) is 4.89. The summed E-state index contributed by atoms with van der Waals surface area (Å²) in [6.07, 6.45) is 1.19. The standard InChI is InChI=1S/C15H20BrNS/c1-4-8-17-9-13-14(10(2)3)11-6-5-7-12(16)15(11)18-13/h5-7,10,17H,4,8-9H2,1-3H3. The first-order valence-corrected chi connectivity index (χ1v) is 8.16. The van der Waals surface area contributed by atoms with Crippen molar-refractivity contribution in [1.29, 1.82) is 0 Å².